The normalized spacial score (nSPS) is 26.8. The number of carbonyl (C=O) groups excluding carboxylic acids is 3. The molecule has 1 saturated heterocycles. The number of benzene rings is 1. The minimum atomic E-state index is -1.45. The van der Waals surface area contributed by atoms with E-state index in [9.17, 15) is 24.3 Å². The summed E-state index contributed by atoms with van der Waals surface area (Å²) in [6.07, 6.45) is 9.73. The molecule has 2 saturated carbocycles. The van der Waals surface area contributed by atoms with Crippen LogP contribution in [0.3, 0.4) is 0 Å². The maximum Gasteiger partial charge on any atom is 0.408 e. The predicted molar refractivity (Wildman–Crippen MR) is 203 cm³/mol. The Morgan fingerprint density at radius 2 is 1.87 bits per heavy atom. The Kier molecular flexibility index (Phi) is 11.2. The van der Waals surface area contributed by atoms with Crippen molar-refractivity contribution in [3.05, 3.63) is 41.8 Å². The summed E-state index contributed by atoms with van der Waals surface area (Å²) >= 11 is 1.47. The number of pyridine rings is 1. The summed E-state index contributed by atoms with van der Waals surface area (Å²) in [5, 5.41) is 22.5. The zero-order valence-electron chi connectivity index (χ0n) is 30.7. The van der Waals surface area contributed by atoms with Gasteiger partial charge in [0.05, 0.1) is 24.9 Å². The number of hydrogen-bond donors (Lipinski definition) is 4. The van der Waals surface area contributed by atoms with Crippen LogP contribution in [-0.2, 0) is 19.1 Å². The Labute approximate surface area is 318 Å². The fourth-order valence-corrected chi connectivity index (χ4v) is 8.59. The fraction of sp³-hybridized carbons (Fsp3) is 0.538. The summed E-state index contributed by atoms with van der Waals surface area (Å²) in [6, 6.07) is 5.30. The first-order valence-corrected chi connectivity index (χ1v) is 19.9. The molecule has 4 heterocycles. The van der Waals surface area contributed by atoms with E-state index >= 15 is 0 Å². The highest BCUT2D eigenvalue weighted by Gasteiger charge is 2.61. The summed E-state index contributed by atoms with van der Waals surface area (Å²) in [4.78, 5) is 65.4. The predicted octanol–water partition coefficient (Wildman–Crippen LogP) is 5.66. The van der Waals surface area contributed by atoms with Crippen molar-refractivity contribution in [3.8, 4) is 22.9 Å². The molecule has 3 fully saturated rings. The van der Waals surface area contributed by atoms with Crippen LogP contribution in [0, 0.1) is 5.92 Å². The second kappa shape index (κ2) is 16.2. The number of anilines is 1. The second-order valence-electron chi connectivity index (χ2n) is 14.6. The summed E-state index contributed by atoms with van der Waals surface area (Å²) in [5.41, 5.74) is 0.403. The molecule has 0 spiro atoms. The molecule has 2 aliphatic carbocycles. The average molecular weight is 761 g/mol. The average Bonchev–Trinajstić information content (AvgIpc) is 3.59. The van der Waals surface area contributed by atoms with E-state index in [1.807, 2.05) is 48.7 Å². The number of nitrogens with zero attached hydrogens (tertiary/aromatic N) is 3. The highest BCUT2D eigenvalue weighted by atomic mass is 32.1. The van der Waals surface area contributed by atoms with Gasteiger partial charge in [0.25, 0.3) is 0 Å². The highest BCUT2D eigenvalue weighted by molar-refractivity contribution is 7.14. The number of carbonyl (C=O) groups is 4. The monoisotopic (exact) mass is 760 g/mol. The minimum absolute atomic E-state index is 0.0345. The summed E-state index contributed by atoms with van der Waals surface area (Å²) in [5.74, 6) is -1.36. The minimum Gasteiger partial charge on any atom is -0.497 e. The molecule has 288 valence electrons. The highest BCUT2D eigenvalue weighted by Crippen LogP contribution is 2.45. The van der Waals surface area contributed by atoms with Crippen molar-refractivity contribution in [1.29, 1.82) is 0 Å². The quantitative estimate of drug-likeness (QED) is 0.198. The summed E-state index contributed by atoms with van der Waals surface area (Å²) in [6.45, 7) is 2.75. The van der Waals surface area contributed by atoms with Gasteiger partial charge in [-0.05, 0) is 70.4 Å². The number of fused-ring (bicyclic) bond motifs is 3. The number of rotatable bonds is 9. The topological polar surface area (TPSA) is 181 Å². The van der Waals surface area contributed by atoms with Gasteiger partial charge in [-0.3, -0.25) is 9.59 Å². The van der Waals surface area contributed by atoms with Crippen LogP contribution in [0.25, 0.3) is 22.3 Å². The number of thiazole rings is 1. The number of aliphatic carboxylic acids is 1. The van der Waals surface area contributed by atoms with Gasteiger partial charge in [-0.1, -0.05) is 25.0 Å². The number of ether oxygens (including phenoxy) is 3. The molecule has 14 nitrogen and oxygen atoms in total. The molecule has 7 rings (SSSR count). The molecule has 0 radical (unpaired) electrons. The van der Waals surface area contributed by atoms with Crippen molar-refractivity contribution in [2.24, 2.45) is 5.92 Å². The third-order valence-corrected chi connectivity index (χ3v) is 11.7. The Morgan fingerprint density at radius 1 is 1.06 bits per heavy atom. The number of hydrogen-bond acceptors (Lipinski definition) is 11. The Hall–Kier alpha value is -4.92. The first-order valence-electron chi connectivity index (χ1n) is 19.0. The Morgan fingerprint density at radius 3 is 2.65 bits per heavy atom. The fourth-order valence-electron chi connectivity index (χ4n) is 7.82. The van der Waals surface area contributed by atoms with Crippen LogP contribution in [0.15, 0.2) is 41.8 Å². The molecule has 2 aromatic heterocycles. The van der Waals surface area contributed by atoms with Crippen LogP contribution in [0.2, 0.25) is 0 Å². The van der Waals surface area contributed by atoms with Crippen LogP contribution < -0.4 is 25.4 Å². The molecule has 5 atom stereocenters. The standard InChI is InChI=1S/C39H48N6O8S/c1-3-40-37-42-31(22-54-37)30-19-33(27-16-15-25(51-2)17-29(27)41-30)52-26-18-32-34(46)44-39(36(48)49)20-23(39)11-7-5-4-6-8-14-28(35(47)45(32)21-26)43-38(50)53-24-12-9-10-13-24/h7,11,15-17,19,22-24,26,28,32H,3-6,8-10,12-14,18,20-21H2,1-2H3,(H,40,42)(H,43,50)(H,44,46)(H,48,49)/b11-7-/t23-,26-,28-,32?,39-/m1/s1. The van der Waals surface area contributed by atoms with Gasteiger partial charge in [-0.15, -0.1) is 11.3 Å². The molecule has 4 N–H and O–H groups in total. The summed E-state index contributed by atoms with van der Waals surface area (Å²) in [7, 11) is 1.58. The molecular weight excluding hydrogens is 713 g/mol. The van der Waals surface area contributed by atoms with E-state index in [2.05, 4.69) is 16.0 Å². The SMILES string of the molecule is CCNc1nc(-c2cc(O[C@@H]3CC4C(=O)N[C@]5(C(=O)O)C[C@H]5/C=C\CCCCC[C@@H](NC(=O)OC5CCCC5)C(=O)N4C3)c3ccc(OC)cc3n2)cs1. The van der Waals surface area contributed by atoms with Crippen molar-refractivity contribution in [1.82, 2.24) is 25.5 Å². The lowest BCUT2D eigenvalue weighted by Crippen LogP contribution is -2.56. The van der Waals surface area contributed by atoms with E-state index in [1.54, 1.807) is 7.11 Å². The number of carboxylic acid groups (broad SMARTS) is 1. The van der Waals surface area contributed by atoms with E-state index in [0.29, 0.717) is 46.6 Å². The lowest BCUT2D eigenvalue weighted by molar-refractivity contribution is -0.145. The van der Waals surface area contributed by atoms with Crippen LogP contribution in [0.5, 0.6) is 11.5 Å². The zero-order chi connectivity index (χ0) is 37.8. The Bertz CT molecular complexity index is 1910. The van der Waals surface area contributed by atoms with Gasteiger partial charge in [0.2, 0.25) is 11.8 Å². The van der Waals surface area contributed by atoms with Crippen molar-refractivity contribution >= 4 is 51.2 Å². The summed E-state index contributed by atoms with van der Waals surface area (Å²) < 4.78 is 17.9. The van der Waals surface area contributed by atoms with E-state index in [0.717, 1.165) is 56.6 Å². The zero-order valence-corrected chi connectivity index (χ0v) is 31.5. The van der Waals surface area contributed by atoms with Crippen molar-refractivity contribution < 1.29 is 38.5 Å². The number of alkyl carbamates (subject to hydrolysis) is 1. The maximum absolute atomic E-state index is 14.5. The smallest absolute Gasteiger partial charge is 0.408 e. The van der Waals surface area contributed by atoms with Gasteiger partial charge in [-0.2, -0.15) is 0 Å². The maximum atomic E-state index is 14.5. The lowest BCUT2D eigenvalue weighted by Gasteiger charge is -2.29. The van der Waals surface area contributed by atoms with Gasteiger partial charge >= 0.3 is 12.1 Å². The van der Waals surface area contributed by atoms with E-state index in [-0.39, 0.29) is 31.4 Å². The molecule has 3 amide bonds. The second-order valence-corrected chi connectivity index (χ2v) is 15.4. The third-order valence-electron chi connectivity index (χ3n) is 10.9. The number of nitrogens with one attached hydrogen (secondary N) is 3. The number of carboxylic acids is 1. The number of amides is 3. The van der Waals surface area contributed by atoms with Crippen LogP contribution in [-0.4, -0.2) is 93.9 Å². The molecular formula is C39H48N6O8S. The number of methoxy groups -OCH3 is 1. The molecule has 15 heteroatoms. The number of aromatic nitrogens is 2. The van der Waals surface area contributed by atoms with Gasteiger partial charge in [0.1, 0.15) is 47.0 Å². The van der Waals surface area contributed by atoms with Gasteiger partial charge < -0.3 is 40.2 Å². The van der Waals surface area contributed by atoms with E-state index in [4.69, 9.17) is 24.2 Å². The van der Waals surface area contributed by atoms with Crippen molar-refractivity contribution in [2.45, 2.75) is 107 Å². The molecule has 1 aromatic carbocycles. The van der Waals surface area contributed by atoms with Crippen LogP contribution in [0.1, 0.15) is 77.6 Å². The molecule has 2 aliphatic heterocycles. The lowest BCUT2D eigenvalue weighted by atomic mass is 10.0. The van der Waals surface area contributed by atoms with Crippen LogP contribution in [0.4, 0.5) is 9.93 Å². The molecule has 4 aliphatic rings. The molecule has 3 aromatic rings. The van der Waals surface area contributed by atoms with Gasteiger partial charge in [0, 0.05) is 41.8 Å². The molecule has 54 heavy (non-hydrogen) atoms. The van der Waals surface area contributed by atoms with E-state index in [1.165, 1.54) is 16.2 Å². The first-order chi connectivity index (χ1) is 26.2. The first kappa shape index (κ1) is 37.4. The van der Waals surface area contributed by atoms with E-state index < -0.39 is 47.6 Å². The number of allylic oxidation sites excluding steroid dienone is 1. The molecule has 1 unspecified atom stereocenters. The van der Waals surface area contributed by atoms with Crippen molar-refractivity contribution in [2.75, 3.05) is 25.5 Å². The van der Waals surface area contributed by atoms with Crippen LogP contribution >= 0.6 is 11.3 Å². The van der Waals surface area contributed by atoms with Crippen molar-refractivity contribution in [3.63, 3.8) is 0 Å². The largest absolute Gasteiger partial charge is 0.497 e. The van der Waals surface area contributed by atoms with Gasteiger partial charge in [0.15, 0.2) is 5.13 Å². The molecule has 0 bridgehead atoms. The third kappa shape index (κ3) is 8.10. The Balaban J connectivity index is 1.20. The van der Waals surface area contributed by atoms with Gasteiger partial charge in [-0.25, -0.2) is 19.6 Å².